The van der Waals surface area contributed by atoms with E-state index in [9.17, 15) is 14.7 Å². The summed E-state index contributed by atoms with van der Waals surface area (Å²) in [4.78, 5) is 28.7. The Morgan fingerprint density at radius 2 is 2.08 bits per heavy atom. The minimum absolute atomic E-state index is 0. The van der Waals surface area contributed by atoms with Crippen molar-refractivity contribution in [2.45, 2.75) is 38.0 Å². The van der Waals surface area contributed by atoms with Crippen molar-refractivity contribution in [1.29, 1.82) is 0 Å². The molecule has 2 atom stereocenters. The Bertz CT molecular complexity index is 751. The Labute approximate surface area is 152 Å². The molecule has 0 spiro atoms. The molecule has 1 aromatic heterocycles. The number of carbonyl (C=O) groups excluding carboxylic acids is 1. The lowest BCUT2D eigenvalue weighted by atomic mass is 9.97. The minimum atomic E-state index is -0.496. The topological polar surface area (TPSA) is 84.2 Å². The molecule has 0 radical (unpaired) electrons. The van der Waals surface area contributed by atoms with E-state index >= 15 is 0 Å². The smallest absolute Gasteiger partial charge is 0.261 e. The van der Waals surface area contributed by atoms with Gasteiger partial charge in [0.25, 0.3) is 5.56 Å². The van der Waals surface area contributed by atoms with Gasteiger partial charge in [-0.15, -0.1) is 24.8 Å². The van der Waals surface area contributed by atoms with Crippen LogP contribution in [0.3, 0.4) is 0 Å². The lowest BCUT2D eigenvalue weighted by molar-refractivity contribution is -0.121. The summed E-state index contributed by atoms with van der Waals surface area (Å²) in [6.45, 7) is 0.800. The number of nitrogens with zero attached hydrogens (tertiary/aromatic N) is 2. The number of hydrogen-bond acceptors (Lipinski definition) is 5. The van der Waals surface area contributed by atoms with Gasteiger partial charge in [-0.2, -0.15) is 0 Å². The molecule has 0 aliphatic carbocycles. The van der Waals surface area contributed by atoms with E-state index in [-0.39, 0.29) is 55.2 Å². The zero-order valence-corrected chi connectivity index (χ0v) is 14.7. The molecule has 6 nitrogen and oxygen atoms in total. The van der Waals surface area contributed by atoms with Crippen LogP contribution in [0.25, 0.3) is 10.9 Å². The number of piperidine rings is 1. The third kappa shape index (κ3) is 4.54. The van der Waals surface area contributed by atoms with Crippen LogP contribution in [0, 0.1) is 0 Å². The second-order valence-electron chi connectivity index (χ2n) is 5.71. The van der Waals surface area contributed by atoms with Crippen LogP contribution >= 0.6 is 24.8 Å². The summed E-state index contributed by atoms with van der Waals surface area (Å²) >= 11 is 0. The first-order valence-electron chi connectivity index (χ1n) is 7.52. The Hall–Kier alpha value is -1.47. The fraction of sp³-hybridized carbons (Fsp3) is 0.438. The highest BCUT2D eigenvalue weighted by molar-refractivity contribution is 5.85. The third-order valence-corrected chi connectivity index (χ3v) is 4.07. The normalized spacial score (nSPS) is 20.0. The molecule has 0 bridgehead atoms. The molecule has 1 aromatic carbocycles. The van der Waals surface area contributed by atoms with Gasteiger partial charge in [0.2, 0.25) is 0 Å². The molecular weight excluding hydrogens is 353 g/mol. The number of nitrogens with one attached hydrogen (secondary N) is 1. The SMILES string of the molecule is Cl.Cl.O=C(CC1NCCCC1O)Cn1cnc2ccccc2c1=O. The maximum Gasteiger partial charge on any atom is 0.261 e. The highest BCUT2D eigenvalue weighted by Gasteiger charge is 2.24. The molecule has 2 aromatic rings. The molecule has 1 aliphatic rings. The van der Waals surface area contributed by atoms with Crippen LogP contribution in [0.15, 0.2) is 35.4 Å². The lowest BCUT2D eigenvalue weighted by Gasteiger charge is -2.28. The second-order valence-corrected chi connectivity index (χ2v) is 5.71. The number of ketones is 1. The number of fused-ring (bicyclic) bond motifs is 1. The van der Waals surface area contributed by atoms with Crippen LogP contribution in [0.1, 0.15) is 19.3 Å². The zero-order chi connectivity index (χ0) is 15.5. The monoisotopic (exact) mass is 373 g/mol. The fourth-order valence-electron chi connectivity index (χ4n) is 2.86. The zero-order valence-electron chi connectivity index (χ0n) is 13.1. The average Bonchev–Trinajstić information content (AvgIpc) is 2.53. The van der Waals surface area contributed by atoms with Crippen LogP contribution in [-0.2, 0) is 11.3 Å². The Morgan fingerprint density at radius 3 is 2.83 bits per heavy atom. The molecule has 24 heavy (non-hydrogen) atoms. The van der Waals surface area contributed by atoms with Crippen molar-refractivity contribution in [3.05, 3.63) is 40.9 Å². The number of Topliss-reactive ketones (excluding diaryl/α,β-unsaturated/α-hetero) is 1. The summed E-state index contributed by atoms with van der Waals surface area (Å²) in [5, 5.41) is 13.5. The molecule has 1 saturated heterocycles. The van der Waals surface area contributed by atoms with Gasteiger partial charge in [-0.1, -0.05) is 12.1 Å². The predicted octanol–water partition coefficient (Wildman–Crippen LogP) is 1.31. The van der Waals surface area contributed by atoms with Gasteiger partial charge in [-0.25, -0.2) is 4.98 Å². The Kier molecular flexibility index (Phi) is 7.83. The largest absolute Gasteiger partial charge is 0.391 e. The molecule has 1 fully saturated rings. The van der Waals surface area contributed by atoms with E-state index in [1.165, 1.54) is 10.9 Å². The molecule has 2 N–H and O–H groups in total. The molecule has 2 unspecified atom stereocenters. The van der Waals surface area contributed by atoms with Gasteiger partial charge in [0.15, 0.2) is 5.78 Å². The summed E-state index contributed by atoms with van der Waals surface area (Å²) in [6, 6.07) is 6.86. The molecule has 132 valence electrons. The number of hydrogen-bond donors (Lipinski definition) is 2. The van der Waals surface area contributed by atoms with Crippen molar-refractivity contribution in [3.8, 4) is 0 Å². The van der Waals surface area contributed by atoms with E-state index < -0.39 is 6.10 Å². The summed E-state index contributed by atoms with van der Waals surface area (Å²) in [5.41, 5.74) is 0.414. The highest BCUT2D eigenvalue weighted by Crippen LogP contribution is 2.12. The average molecular weight is 374 g/mol. The number of halogens is 2. The Morgan fingerprint density at radius 1 is 1.33 bits per heavy atom. The van der Waals surface area contributed by atoms with Crippen molar-refractivity contribution < 1.29 is 9.90 Å². The molecule has 1 aliphatic heterocycles. The predicted molar refractivity (Wildman–Crippen MR) is 97.2 cm³/mol. The molecule has 2 heterocycles. The molecule has 0 saturated carbocycles. The lowest BCUT2D eigenvalue weighted by Crippen LogP contribution is -2.46. The van der Waals surface area contributed by atoms with E-state index in [0.29, 0.717) is 17.3 Å². The van der Waals surface area contributed by atoms with E-state index in [1.807, 2.05) is 6.07 Å². The van der Waals surface area contributed by atoms with Gasteiger partial charge in [-0.3, -0.25) is 14.2 Å². The number of rotatable bonds is 4. The number of aliphatic hydroxyl groups excluding tert-OH is 1. The van der Waals surface area contributed by atoms with Gasteiger partial charge < -0.3 is 10.4 Å². The van der Waals surface area contributed by atoms with Gasteiger partial charge in [0.05, 0.1) is 29.9 Å². The minimum Gasteiger partial charge on any atom is -0.391 e. The number of para-hydroxylation sites is 1. The van der Waals surface area contributed by atoms with Crippen molar-refractivity contribution in [2.24, 2.45) is 0 Å². The Balaban J connectivity index is 0.00000144. The van der Waals surface area contributed by atoms with Crippen molar-refractivity contribution in [2.75, 3.05) is 6.54 Å². The van der Waals surface area contributed by atoms with Gasteiger partial charge in [0, 0.05) is 12.5 Å². The molecule has 8 heteroatoms. The molecular formula is C16H21Cl2N3O3. The number of aliphatic hydroxyl groups is 1. The van der Waals surface area contributed by atoms with Crippen molar-refractivity contribution >= 4 is 41.5 Å². The number of aromatic nitrogens is 2. The van der Waals surface area contributed by atoms with E-state index in [2.05, 4.69) is 10.3 Å². The van der Waals surface area contributed by atoms with Crippen LogP contribution in [-0.4, -0.2) is 39.1 Å². The molecule has 3 rings (SSSR count). The first-order valence-corrected chi connectivity index (χ1v) is 7.52. The third-order valence-electron chi connectivity index (χ3n) is 4.07. The quantitative estimate of drug-likeness (QED) is 0.843. The van der Waals surface area contributed by atoms with Gasteiger partial charge in [0.1, 0.15) is 0 Å². The van der Waals surface area contributed by atoms with Crippen molar-refractivity contribution in [3.63, 3.8) is 0 Å². The van der Waals surface area contributed by atoms with Crippen LogP contribution < -0.4 is 10.9 Å². The maximum atomic E-state index is 12.3. The van der Waals surface area contributed by atoms with Gasteiger partial charge in [-0.05, 0) is 31.5 Å². The fourth-order valence-corrected chi connectivity index (χ4v) is 2.86. The number of benzene rings is 1. The van der Waals surface area contributed by atoms with Crippen molar-refractivity contribution in [1.82, 2.24) is 14.9 Å². The van der Waals surface area contributed by atoms with E-state index in [4.69, 9.17) is 0 Å². The maximum absolute atomic E-state index is 12.3. The summed E-state index contributed by atoms with van der Waals surface area (Å²) in [6.07, 6.45) is 2.76. The highest BCUT2D eigenvalue weighted by atomic mass is 35.5. The first-order chi connectivity index (χ1) is 10.6. The first kappa shape index (κ1) is 20.6. The van der Waals surface area contributed by atoms with Crippen LogP contribution in [0.5, 0.6) is 0 Å². The standard InChI is InChI=1S/C16H19N3O3.2ClH/c20-11(8-14-15(21)6-3-7-17-14)9-19-10-18-13-5-2-1-4-12(13)16(19)22;;/h1-2,4-5,10,14-15,17,21H,3,6-9H2;2*1H. The summed E-state index contributed by atoms with van der Waals surface area (Å²) in [5.74, 6) is -0.0855. The summed E-state index contributed by atoms with van der Waals surface area (Å²) < 4.78 is 1.33. The van der Waals surface area contributed by atoms with Crippen LogP contribution in [0.4, 0.5) is 0 Å². The van der Waals surface area contributed by atoms with Crippen LogP contribution in [0.2, 0.25) is 0 Å². The second kappa shape index (κ2) is 9.13. The van der Waals surface area contributed by atoms with E-state index in [0.717, 1.165) is 13.0 Å². The summed E-state index contributed by atoms with van der Waals surface area (Å²) in [7, 11) is 0. The number of carbonyl (C=O) groups is 1. The molecule has 0 amide bonds. The van der Waals surface area contributed by atoms with Gasteiger partial charge >= 0.3 is 0 Å². The van der Waals surface area contributed by atoms with E-state index in [1.54, 1.807) is 18.2 Å².